The molecule has 1 rings (SSSR count). The van der Waals surface area contributed by atoms with E-state index in [-0.39, 0.29) is 11.6 Å². The van der Waals surface area contributed by atoms with E-state index >= 15 is 0 Å². The van der Waals surface area contributed by atoms with E-state index in [1.807, 2.05) is 12.1 Å². The number of ether oxygens (including phenoxy) is 1. The van der Waals surface area contributed by atoms with E-state index in [1.165, 1.54) is 5.57 Å². The molecule has 0 bridgehead atoms. The van der Waals surface area contributed by atoms with Crippen molar-refractivity contribution in [2.45, 2.75) is 60.1 Å². The smallest absolute Gasteiger partial charge is 0.126 e. The first-order valence-electron chi connectivity index (χ1n) is 7.90. The first-order chi connectivity index (χ1) is 9.69. The molecule has 0 saturated carbocycles. The van der Waals surface area contributed by atoms with E-state index in [2.05, 4.69) is 72.0 Å². The molecular formula is C19H31NO. The Kier molecular flexibility index (Phi) is 6.47. The van der Waals surface area contributed by atoms with Crippen LogP contribution in [0.25, 0.3) is 6.08 Å². The molecule has 118 valence electrons. The summed E-state index contributed by atoms with van der Waals surface area (Å²) in [6.45, 7) is 16.1. The van der Waals surface area contributed by atoms with Crippen LogP contribution >= 0.6 is 0 Å². The van der Waals surface area contributed by atoms with Crippen molar-refractivity contribution in [1.29, 1.82) is 0 Å². The number of nitrogens with one attached hydrogen (secondary N) is 1. The molecule has 0 saturated heterocycles. The fourth-order valence-electron chi connectivity index (χ4n) is 1.95. The molecule has 0 aliphatic rings. The summed E-state index contributed by atoms with van der Waals surface area (Å²) in [6, 6.07) is 8.25. The Morgan fingerprint density at radius 3 is 2.29 bits per heavy atom. The van der Waals surface area contributed by atoms with E-state index in [9.17, 15) is 0 Å². The molecule has 0 spiro atoms. The molecule has 0 aliphatic carbocycles. The third kappa shape index (κ3) is 6.81. The minimum atomic E-state index is 0.127. The van der Waals surface area contributed by atoms with Crippen LogP contribution in [0.5, 0.6) is 5.75 Å². The monoisotopic (exact) mass is 289 g/mol. The molecule has 0 unspecified atom stereocenters. The molecule has 0 atom stereocenters. The summed E-state index contributed by atoms with van der Waals surface area (Å²) >= 11 is 0. The number of rotatable bonds is 6. The quantitative estimate of drug-likeness (QED) is 0.804. The lowest BCUT2D eigenvalue weighted by Crippen LogP contribution is -2.37. The van der Waals surface area contributed by atoms with Gasteiger partial charge in [-0.15, -0.1) is 0 Å². The van der Waals surface area contributed by atoms with Crippen LogP contribution in [0.15, 0.2) is 29.8 Å². The van der Waals surface area contributed by atoms with Gasteiger partial charge in [0.2, 0.25) is 0 Å². The minimum Gasteiger partial charge on any atom is -0.490 e. The predicted octanol–water partition coefficient (Wildman–Crippen LogP) is 4.90. The van der Waals surface area contributed by atoms with Crippen LogP contribution in [0.4, 0.5) is 0 Å². The van der Waals surface area contributed by atoms with Crippen molar-refractivity contribution in [3.8, 4) is 5.75 Å². The van der Waals surface area contributed by atoms with Crippen LogP contribution in [-0.2, 0) is 0 Å². The molecule has 1 N–H and O–H groups in total. The average Bonchev–Trinajstić information content (AvgIpc) is 2.34. The van der Waals surface area contributed by atoms with Gasteiger partial charge in [0.25, 0.3) is 0 Å². The second-order valence-electron chi connectivity index (χ2n) is 7.18. The van der Waals surface area contributed by atoms with Crippen LogP contribution in [-0.4, -0.2) is 18.2 Å². The largest absolute Gasteiger partial charge is 0.490 e. The van der Waals surface area contributed by atoms with E-state index in [4.69, 9.17) is 4.74 Å². The molecule has 0 fully saturated rings. The molecule has 2 nitrogen and oxygen atoms in total. The summed E-state index contributed by atoms with van der Waals surface area (Å²) in [5.41, 5.74) is 2.68. The van der Waals surface area contributed by atoms with Gasteiger partial charge in [-0.05, 0) is 46.6 Å². The lowest BCUT2D eigenvalue weighted by Gasteiger charge is -2.23. The van der Waals surface area contributed by atoms with Gasteiger partial charge in [-0.2, -0.15) is 0 Å². The van der Waals surface area contributed by atoms with Crippen molar-refractivity contribution in [3.63, 3.8) is 0 Å². The average molecular weight is 289 g/mol. The van der Waals surface area contributed by atoms with Gasteiger partial charge >= 0.3 is 0 Å². The van der Waals surface area contributed by atoms with Crippen LogP contribution in [0.3, 0.4) is 0 Å². The molecular weight excluding hydrogens is 258 g/mol. The summed E-state index contributed by atoms with van der Waals surface area (Å²) in [5.74, 6) is 1.47. The Morgan fingerprint density at radius 2 is 1.76 bits per heavy atom. The summed E-state index contributed by atoms with van der Waals surface area (Å²) < 4.78 is 5.91. The highest BCUT2D eigenvalue weighted by Crippen LogP contribution is 2.24. The minimum absolute atomic E-state index is 0.127. The first kappa shape index (κ1) is 17.8. The van der Waals surface area contributed by atoms with Crippen LogP contribution < -0.4 is 10.1 Å². The van der Waals surface area contributed by atoms with Gasteiger partial charge in [-0.3, -0.25) is 0 Å². The van der Waals surface area contributed by atoms with Crippen molar-refractivity contribution in [1.82, 2.24) is 5.32 Å². The van der Waals surface area contributed by atoms with Crippen molar-refractivity contribution in [2.75, 3.05) is 6.54 Å². The van der Waals surface area contributed by atoms with E-state index in [0.29, 0.717) is 5.92 Å². The summed E-state index contributed by atoms with van der Waals surface area (Å²) in [6.07, 6.45) is 2.45. The van der Waals surface area contributed by atoms with Gasteiger partial charge in [0.1, 0.15) is 5.75 Å². The highest BCUT2D eigenvalue weighted by Gasteiger charge is 2.12. The maximum atomic E-state index is 5.91. The highest BCUT2D eigenvalue weighted by atomic mass is 16.5. The molecule has 21 heavy (non-hydrogen) atoms. The van der Waals surface area contributed by atoms with E-state index in [1.54, 1.807) is 0 Å². The Hall–Kier alpha value is -1.28. The Balaban J connectivity index is 3.00. The van der Waals surface area contributed by atoms with Gasteiger partial charge < -0.3 is 10.1 Å². The zero-order valence-corrected chi connectivity index (χ0v) is 14.7. The van der Waals surface area contributed by atoms with Crippen molar-refractivity contribution < 1.29 is 4.74 Å². The normalized spacial score (nSPS) is 13.1. The van der Waals surface area contributed by atoms with Gasteiger partial charge in [0, 0.05) is 17.6 Å². The van der Waals surface area contributed by atoms with Crippen molar-refractivity contribution >= 4 is 6.08 Å². The standard InChI is InChI=1S/C19H31NO/c1-14(2)17(13-20-19(5,6)7)12-16-10-8-9-11-18(16)21-15(3)4/h8-12,14-15,20H,13H2,1-7H3. The van der Waals surface area contributed by atoms with Crippen molar-refractivity contribution in [3.05, 3.63) is 35.4 Å². The fraction of sp³-hybridized carbons (Fsp3) is 0.579. The second kappa shape index (κ2) is 7.65. The zero-order chi connectivity index (χ0) is 16.0. The highest BCUT2D eigenvalue weighted by molar-refractivity contribution is 5.60. The fourth-order valence-corrected chi connectivity index (χ4v) is 1.95. The molecule has 2 heteroatoms. The van der Waals surface area contributed by atoms with Gasteiger partial charge in [-0.25, -0.2) is 0 Å². The molecule has 0 heterocycles. The molecule has 0 aliphatic heterocycles. The second-order valence-corrected chi connectivity index (χ2v) is 7.18. The summed E-state index contributed by atoms with van der Waals surface area (Å²) in [7, 11) is 0. The number of benzene rings is 1. The van der Waals surface area contributed by atoms with Crippen LogP contribution in [0.1, 0.15) is 54.0 Å². The van der Waals surface area contributed by atoms with Gasteiger partial charge in [0.15, 0.2) is 0 Å². The van der Waals surface area contributed by atoms with E-state index in [0.717, 1.165) is 17.9 Å². The third-order valence-electron chi connectivity index (χ3n) is 3.19. The first-order valence-corrected chi connectivity index (χ1v) is 7.90. The number of hydrogen-bond donors (Lipinski definition) is 1. The Labute approximate surface area is 130 Å². The van der Waals surface area contributed by atoms with Gasteiger partial charge in [0.05, 0.1) is 6.10 Å². The molecule has 0 radical (unpaired) electrons. The topological polar surface area (TPSA) is 21.3 Å². The van der Waals surface area contributed by atoms with Crippen LogP contribution in [0, 0.1) is 5.92 Å². The molecule has 0 aromatic heterocycles. The molecule has 1 aromatic carbocycles. The Morgan fingerprint density at radius 1 is 1.14 bits per heavy atom. The SMILES string of the molecule is CC(C)Oc1ccccc1C=C(CNC(C)(C)C)C(C)C. The maximum absolute atomic E-state index is 5.91. The molecule has 0 amide bonds. The number of hydrogen-bond acceptors (Lipinski definition) is 2. The van der Waals surface area contributed by atoms with Crippen LogP contribution in [0.2, 0.25) is 0 Å². The third-order valence-corrected chi connectivity index (χ3v) is 3.19. The summed E-state index contributed by atoms with van der Waals surface area (Å²) in [5, 5.41) is 3.57. The number of para-hydroxylation sites is 1. The zero-order valence-electron chi connectivity index (χ0n) is 14.7. The van der Waals surface area contributed by atoms with Crippen molar-refractivity contribution in [2.24, 2.45) is 5.92 Å². The summed E-state index contributed by atoms with van der Waals surface area (Å²) in [4.78, 5) is 0. The lowest BCUT2D eigenvalue weighted by molar-refractivity contribution is 0.242. The Bertz CT molecular complexity index is 467. The lowest BCUT2D eigenvalue weighted by atomic mass is 9.98. The van der Waals surface area contributed by atoms with Gasteiger partial charge in [-0.1, -0.05) is 43.7 Å². The maximum Gasteiger partial charge on any atom is 0.126 e. The van der Waals surface area contributed by atoms with E-state index < -0.39 is 0 Å². The predicted molar refractivity (Wildman–Crippen MR) is 92.8 cm³/mol. The molecule has 1 aromatic rings.